The summed E-state index contributed by atoms with van der Waals surface area (Å²) in [5, 5.41) is 0. The Hall–Kier alpha value is 0.0348. The van der Waals surface area contributed by atoms with Gasteiger partial charge in [0.1, 0.15) is 0 Å². The number of hydrogen-bond donors (Lipinski definition) is 0. The van der Waals surface area contributed by atoms with E-state index in [0.717, 1.165) is 0 Å². The third-order valence-electron chi connectivity index (χ3n) is 3.27. The van der Waals surface area contributed by atoms with Gasteiger partial charge >= 0.3 is 7.19 Å². The molecule has 1 aliphatic rings. The molecule has 0 aliphatic carbocycles. The maximum atomic E-state index is 5.43. The topological polar surface area (TPSA) is 19.0 Å². The molecular weight excluding hydrogens is 163 g/mol. The molecule has 1 radical (unpaired) electrons. The van der Waals surface area contributed by atoms with E-state index in [2.05, 4.69) is 49.0 Å². The molecule has 0 N–H and O–H groups in total. The van der Waals surface area contributed by atoms with Crippen LogP contribution in [0.2, 0.25) is 13.6 Å². The Balaban J connectivity index is 2.79. The summed E-state index contributed by atoms with van der Waals surface area (Å²) in [7, 11) is 8.13. The summed E-state index contributed by atoms with van der Waals surface area (Å²) in [6.45, 7) is 5.21. The summed E-state index contributed by atoms with van der Waals surface area (Å²) >= 11 is 0. The fourth-order valence-electron chi connectivity index (χ4n) is 1.88. The van der Waals surface area contributed by atoms with Gasteiger partial charge in [0.05, 0.1) is 0 Å². The minimum atomic E-state index is 0.0844. The zero-order valence-electron chi connectivity index (χ0n) is 9.48. The first-order valence-corrected chi connectivity index (χ1v) is 4.69. The van der Waals surface area contributed by atoms with Gasteiger partial charge in [0.15, 0.2) is 0 Å². The third kappa shape index (κ3) is 1.79. The van der Waals surface area contributed by atoms with E-state index in [1.165, 1.54) is 0 Å². The average Bonchev–Trinajstić information content (AvgIpc) is 2.13. The van der Waals surface area contributed by atoms with Gasteiger partial charge in [-0.15, -0.1) is 0 Å². The quantitative estimate of drug-likeness (QED) is 0.514. The van der Waals surface area contributed by atoms with Gasteiger partial charge < -0.3 is 18.8 Å². The third-order valence-corrected chi connectivity index (χ3v) is 3.27. The number of rotatable bonds is 1. The average molecular weight is 181 g/mol. The molecule has 0 aromatic carbocycles. The maximum Gasteiger partial charge on any atom is 0.426 e. The molecule has 1 heterocycles. The van der Waals surface area contributed by atoms with E-state index in [0.29, 0.717) is 14.0 Å². The number of hydrogen-bond acceptors (Lipinski definition) is 4. The summed E-state index contributed by atoms with van der Waals surface area (Å²) in [6.07, 6.45) is 0. The van der Waals surface area contributed by atoms with Gasteiger partial charge in [0.25, 0.3) is 6.98 Å². The normalized spacial score (nSPS) is 24.5. The van der Waals surface area contributed by atoms with Crippen LogP contribution in [0.1, 0.15) is 0 Å². The van der Waals surface area contributed by atoms with E-state index in [4.69, 9.17) is 4.65 Å². The second-order valence-electron chi connectivity index (χ2n) is 3.82. The first-order chi connectivity index (χ1) is 6.00. The van der Waals surface area contributed by atoms with Crippen LogP contribution in [0.5, 0.6) is 0 Å². The van der Waals surface area contributed by atoms with Gasteiger partial charge in [0, 0.05) is 7.11 Å². The Morgan fingerprint density at radius 1 is 1.15 bits per heavy atom. The van der Waals surface area contributed by atoms with Crippen molar-refractivity contribution in [2.24, 2.45) is 0 Å². The van der Waals surface area contributed by atoms with Gasteiger partial charge in [-0.2, -0.15) is 6.82 Å². The van der Waals surface area contributed by atoms with E-state index in [9.17, 15) is 0 Å². The summed E-state index contributed by atoms with van der Waals surface area (Å²) < 4.78 is 12.2. The van der Waals surface area contributed by atoms with Crippen molar-refractivity contribution in [3.05, 3.63) is 0 Å². The standard InChI is InChI=1S/C6H18B3N3O/c1-7-10(3)8(2)12(5)9(13-6)11(7)4/h1-6H3/q-1. The molecule has 0 bridgehead atoms. The fourth-order valence-corrected chi connectivity index (χ4v) is 1.88. The summed E-state index contributed by atoms with van der Waals surface area (Å²) in [5.74, 6) is 0. The lowest BCUT2D eigenvalue weighted by Gasteiger charge is -2.57. The van der Waals surface area contributed by atoms with Gasteiger partial charge in [-0.3, -0.25) is 0 Å². The lowest BCUT2D eigenvalue weighted by atomic mass is 9.50. The first-order valence-electron chi connectivity index (χ1n) is 4.69. The summed E-state index contributed by atoms with van der Waals surface area (Å²) in [5.41, 5.74) is 0. The zero-order valence-corrected chi connectivity index (χ0v) is 9.48. The molecule has 1 saturated heterocycles. The van der Waals surface area contributed by atoms with E-state index in [1.807, 2.05) is 0 Å². The van der Waals surface area contributed by atoms with Crippen molar-refractivity contribution in [1.29, 1.82) is 0 Å². The van der Waals surface area contributed by atoms with Crippen molar-refractivity contribution in [3.8, 4) is 0 Å². The highest BCUT2D eigenvalue weighted by Gasteiger charge is 2.36. The van der Waals surface area contributed by atoms with E-state index in [-0.39, 0.29) is 7.19 Å². The molecule has 4 nitrogen and oxygen atoms in total. The van der Waals surface area contributed by atoms with Crippen LogP contribution in [0.4, 0.5) is 0 Å². The molecule has 0 unspecified atom stereocenters. The van der Waals surface area contributed by atoms with Crippen LogP contribution in [-0.2, 0) is 4.65 Å². The molecule has 1 aliphatic heterocycles. The van der Waals surface area contributed by atoms with Crippen LogP contribution in [0.25, 0.3) is 0 Å². The minimum absolute atomic E-state index is 0.0844. The predicted molar refractivity (Wildman–Crippen MR) is 59.3 cm³/mol. The second kappa shape index (κ2) is 4.04. The van der Waals surface area contributed by atoms with Crippen LogP contribution in [0, 0.1) is 0 Å². The molecule has 13 heavy (non-hydrogen) atoms. The van der Waals surface area contributed by atoms with E-state index < -0.39 is 0 Å². The molecule has 0 saturated carbocycles. The van der Waals surface area contributed by atoms with Gasteiger partial charge in [-0.1, -0.05) is 20.9 Å². The largest absolute Gasteiger partial charge is 0.520 e. The highest BCUT2D eigenvalue weighted by Crippen LogP contribution is 2.14. The Kier molecular flexibility index (Phi) is 3.46. The van der Waals surface area contributed by atoms with Crippen LogP contribution < -0.4 is 0 Å². The molecule has 1 rings (SSSR count). The SMILES string of the molecule is COB1N(C)B(C)N(C)[B-](C)N1C. The highest BCUT2D eigenvalue weighted by atomic mass is 16.4. The molecule has 1 fully saturated rings. The van der Waals surface area contributed by atoms with Crippen LogP contribution >= 0.6 is 0 Å². The Morgan fingerprint density at radius 2 is 1.69 bits per heavy atom. The Bertz CT molecular complexity index is 169. The van der Waals surface area contributed by atoms with Crippen molar-refractivity contribution >= 4 is 21.2 Å². The van der Waals surface area contributed by atoms with Gasteiger partial charge in [-0.05, 0) is 14.0 Å². The minimum Gasteiger partial charge on any atom is -0.520 e. The molecule has 0 aromatic rings. The summed E-state index contributed by atoms with van der Waals surface area (Å²) in [4.78, 5) is 0. The lowest BCUT2D eigenvalue weighted by Crippen LogP contribution is -2.73. The van der Waals surface area contributed by atoms with Crippen molar-refractivity contribution < 1.29 is 4.65 Å². The molecule has 0 spiro atoms. The van der Waals surface area contributed by atoms with Gasteiger partial charge in [0.2, 0.25) is 0 Å². The van der Waals surface area contributed by atoms with E-state index >= 15 is 0 Å². The second-order valence-corrected chi connectivity index (χ2v) is 3.82. The predicted octanol–water partition coefficient (Wildman–Crippen LogP) is -0.337. The van der Waals surface area contributed by atoms with Crippen molar-refractivity contribution in [3.63, 3.8) is 0 Å². The molecule has 7 heteroatoms. The van der Waals surface area contributed by atoms with Crippen LogP contribution in [-0.4, -0.2) is 63.6 Å². The molecule has 0 amide bonds. The van der Waals surface area contributed by atoms with Crippen LogP contribution in [0.15, 0.2) is 0 Å². The molecular formula is C6H18B3N3O-. The Labute approximate surface area is 82.6 Å². The van der Waals surface area contributed by atoms with Crippen LogP contribution in [0.3, 0.4) is 0 Å². The smallest absolute Gasteiger partial charge is 0.426 e. The fraction of sp³-hybridized carbons (Fsp3) is 1.00. The van der Waals surface area contributed by atoms with Crippen molar-refractivity contribution in [2.75, 3.05) is 28.3 Å². The number of nitrogens with zero attached hydrogens (tertiary/aromatic N) is 3. The van der Waals surface area contributed by atoms with E-state index in [1.54, 1.807) is 7.11 Å². The first kappa shape index (κ1) is 11.1. The van der Waals surface area contributed by atoms with Crippen molar-refractivity contribution in [1.82, 2.24) is 14.2 Å². The molecule has 0 aromatic heterocycles. The Morgan fingerprint density at radius 3 is 2.15 bits per heavy atom. The van der Waals surface area contributed by atoms with Crippen molar-refractivity contribution in [2.45, 2.75) is 13.6 Å². The maximum absolute atomic E-state index is 5.43. The highest BCUT2D eigenvalue weighted by molar-refractivity contribution is 6.83. The monoisotopic (exact) mass is 181 g/mol. The van der Waals surface area contributed by atoms with Gasteiger partial charge in [-0.25, -0.2) is 0 Å². The lowest BCUT2D eigenvalue weighted by molar-refractivity contribution is 0.327. The summed E-state index contributed by atoms with van der Waals surface area (Å²) in [6, 6.07) is 0. The molecule has 0 atom stereocenters. The zero-order chi connectivity index (χ0) is 10.2. The molecule has 73 valence electrons.